The number of Topliss-reactive ketones (excluding diaryl/α,β-unsaturated/α-hetero) is 1. The average molecular weight is 327 g/mol. The Bertz CT molecular complexity index is 415. The lowest BCUT2D eigenvalue weighted by Gasteiger charge is -2.13. The molecule has 1 unspecified atom stereocenters. The van der Waals surface area contributed by atoms with Crippen LogP contribution in [0, 0.1) is 5.92 Å². The first-order valence-corrected chi connectivity index (χ1v) is 7.76. The van der Waals surface area contributed by atoms with Gasteiger partial charge in [-0.2, -0.15) is 0 Å². The zero-order chi connectivity index (χ0) is 14.3. The van der Waals surface area contributed by atoms with Gasteiger partial charge in [0.15, 0.2) is 0 Å². The molecule has 0 aliphatic rings. The molecule has 0 spiro atoms. The number of carbonyl (C=O) groups excluding carboxylic acids is 1. The molecule has 106 valence electrons. The first kappa shape index (κ1) is 16.2. The number of ether oxygens (including phenoxy) is 1. The molecule has 19 heavy (non-hydrogen) atoms. The Balaban J connectivity index is 2.67. The Kier molecular flexibility index (Phi) is 7.14. The smallest absolute Gasteiger partial charge is 0.140 e. The monoisotopic (exact) mass is 326 g/mol. The molecular weight excluding hydrogens is 304 g/mol. The van der Waals surface area contributed by atoms with E-state index in [1.54, 1.807) is 7.11 Å². The van der Waals surface area contributed by atoms with E-state index in [-0.39, 0.29) is 5.92 Å². The Labute approximate surface area is 124 Å². The molecule has 0 bridgehead atoms. The summed E-state index contributed by atoms with van der Waals surface area (Å²) in [5.74, 6) is 1.36. The van der Waals surface area contributed by atoms with Crippen LogP contribution in [0.4, 0.5) is 0 Å². The zero-order valence-electron chi connectivity index (χ0n) is 12.0. The maximum absolute atomic E-state index is 12.3. The normalized spacial score (nSPS) is 12.2. The number of ketones is 1. The molecule has 1 rings (SSSR count). The van der Waals surface area contributed by atoms with Crippen LogP contribution < -0.4 is 4.74 Å². The van der Waals surface area contributed by atoms with E-state index in [1.807, 2.05) is 18.2 Å². The van der Waals surface area contributed by atoms with Crippen LogP contribution in [0.3, 0.4) is 0 Å². The summed E-state index contributed by atoms with van der Waals surface area (Å²) in [7, 11) is 1.64. The minimum Gasteiger partial charge on any atom is -0.496 e. The van der Waals surface area contributed by atoms with Crippen LogP contribution >= 0.6 is 15.9 Å². The number of carbonyl (C=O) groups is 1. The standard InChI is InChI=1S/C16H23BrO2/c1-4-6-7-13(5-2)15(18)11-12-8-9-16(19-3)14(17)10-12/h8-10,13H,4-7,11H2,1-3H3. The van der Waals surface area contributed by atoms with E-state index in [0.29, 0.717) is 12.2 Å². The highest BCUT2D eigenvalue weighted by molar-refractivity contribution is 9.10. The van der Waals surface area contributed by atoms with Crippen molar-refractivity contribution in [2.75, 3.05) is 7.11 Å². The van der Waals surface area contributed by atoms with E-state index in [4.69, 9.17) is 4.74 Å². The van der Waals surface area contributed by atoms with Crippen molar-refractivity contribution in [1.82, 2.24) is 0 Å². The third-order valence-electron chi connectivity index (χ3n) is 3.45. The van der Waals surface area contributed by atoms with Crippen molar-refractivity contribution >= 4 is 21.7 Å². The van der Waals surface area contributed by atoms with Gasteiger partial charge in [-0.1, -0.05) is 32.8 Å². The van der Waals surface area contributed by atoms with E-state index >= 15 is 0 Å². The molecule has 3 heteroatoms. The van der Waals surface area contributed by atoms with Crippen LogP contribution in [0.15, 0.2) is 22.7 Å². The number of rotatable bonds is 8. The van der Waals surface area contributed by atoms with Gasteiger partial charge in [0.25, 0.3) is 0 Å². The second-order valence-corrected chi connectivity index (χ2v) is 5.71. The Hall–Kier alpha value is -0.830. The summed E-state index contributed by atoms with van der Waals surface area (Å²) >= 11 is 3.46. The van der Waals surface area contributed by atoms with E-state index in [1.165, 1.54) is 0 Å². The minimum atomic E-state index is 0.209. The van der Waals surface area contributed by atoms with Crippen LogP contribution in [0.25, 0.3) is 0 Å². The van der Waals surface area contributed by atoms with Gasteiger partial charge >= 0.3 is 0 Å². The second kappa shape index (κ2) is 8.36. The quantitative estimate of drug-likeness (QED) is 0.686. The van der Waals surface area contributed by atoms with Crippen molar-refractivity contribution in [2.45, 2.75) is 46.0 Å². The number of methoxy groups -OCH3 is 1. The third-order valence-corrected chi connectivity index (χ3v) is 4.07. The fourth-order valence-electron chi connectivity index (χ4n) is 2.21. The molecule has 0 saturated carbocycles. The van der Waals surface area contributed by atoms with Crippen LogP contribution in [0.1, 0.15) is 45.1 Å². The molecular formula is C16H23BrO2. The number of halogens is 1. The van der Waals surface area contributed by atoms with Gasteiger partial charge in [-0.15, -0.1) is 0 Å². The van der Waals surface area contributed by atoms with Crippen molar-refractivity contribution in [3.8, 4) is 5.75 Å². The van der Waals surface area contributed by atoms with E-state index in [2.05, 4.69) is 29.8 Å². The van der Waals surface area contributed by atoms with Crippen LogP contribution in [0.5, 0.6) is 5.75 Å². The van der Waals surface area contributed by atoms with Crippen LogP contribution in [-0.4, -0.2) is 12.9 Å². The highest BCUT2D eigenvalue weighted by atomic mass is 79.9. The summed E-state index contributed by atoms with van der Waals surface area (Å²) < 4.78 is 6.10. The molecule has 0 fully saturated rings. The predicted molar refractivity (Wildman–Crippen MR) is 82.7 cm³/mol. The van der Waals surface area contributed by atoms with Gasteiger partial charge in [0, 0.05) is 12.3 Å². The maximum atomic E-state index is 12.3. The lowest BCUT2D eigenvalue weighted by molar-refractivity contribution is -0.122. The topological polar surface area (TPSA) is 26.3 Å². The average Bonchev–Trinajstić information content (AvgIpc) is 2.40. The minimum absolute atomic E-state index is 0.209. The van der Waals surface area contributed by atoms with Crippen molar-refractivity contribution < 1.29 is 9.53 Å². The molecule has 0 amide bonds. The summed E-state index contributed by atoms with van der Waals surface area (Å²) in [6.45, 7) is 4.26. The summed E-state index contributed by atoms with van der Waals surface area (Å²) in [5, 5.41) is 0. The van der Waals surface area contributed by atoms with Crippen molar-refractivity contribution in [3.05, 3.63) is 28.2 Å². The van der Waals surface area contributed by atoms with Gasteiger partial charge < -0.3 is 4.74 Å². The van der Waals surface area contributed by atoms with E-state index in [9.17, 15) is 4.79 Å². The molecule has 1 atom stereocenters. The van der Waals surface area contributed by atoms with Gasteiger partial charge in [-0.3, -0.25) is 4.79 Å². The second-order valence-electron chi connectivity index (χ2n) is 4.86. The van der Waals surface area contributed by atoms with Crippen molar-refractivity contribution in [1.29, 1.82) is 0 Å². The van der Waals surface area contributed by atoms with Crippen molar-refractivity contribution in [3.63, 3.8) is 0 Å². The number of hydrogen-bond acceptors (Lipinski definition) is 2. The highest BCUT2D eigenvalue weighted by Crippen LogP contribution is 2.26. The zero-order valence-corrected chi connectivity index (χ0v) is 13.6. The molecule has 2 nitrogen and oxygen atoms in total. The molecule has 0 saturated heterocycles. The summed E-state index contributed by atoms with van der Waals surface area (Å²) in [5.41, 5.74) is 1.05. The van der Waals surface area contributed by atoms with Gasteiger partial charge in [0.2, 0.25) is 0 Å². The predicted octanol–water partition coefficient (Wildman–Crippen LogP) is 4.79. The highest BCUT2D eigenvalue weighted by Gasteiger charge is 2.16. The number of benzene rings is 1. The molecule has 0 heterocycles. The molecule has 1 aromatic rings. The molecule has 0 aliphatic heterocycles. The summed E-state index contributed by atoms with van der Waals surface area (Å²) in [4.78, 5) is 12.3. The Morgan fingerprint density at radius 1 is 1.37 bits per heavy atom. The molecule has 1 aromatic carbocycles. The molecule has 0 aliphatic carbocycles. The largest absolute Gasteiger partial charge is 0.496 e. The summed E-state index contributed by atoms with van der Waals surface area (Å²) in [6.07, 6.45) is 4.76. The first-order chi connectivity index (χ1) is 9.12. The maximum Gasteiger partial charge on any atom is 0.140 e. The number of hydrogen-bond donors (Lipinski definition) is 0. The first-order valence-electron chi connectivity index (χ1n) is 6.97. The SMILES string of the molecule is CCCCC(CC)C(=O)Cc1ccc(OC)c(Br)c1. The fraction of sp³-hybridized carbons (Fsp3) is 0.562. The Morgan fingerprint density at radius 2 is 2.11 bits per heavy atom. The van der Waals surface area contributed by atoms with Crippen molar-refractivity contribution in [2.24, 2.45) is 5.92 Å². The molecule has 0 N–H and O–H groups in total. The number of unbranched alkanes of at least 4 members (excludes halogenated alkanes) is 1. The van der Waals surface area contributed by atoms with Gasteiger partial charge in [0.1, 0.15) is 11.5 Å². The van der Waals surface area contributed by atoms with E-state index in [0.717, 1.165) is 41.5 Å². The van der Waals surface area contributed by atoms with Gasteiger partial charge in [-0.05, 0) is 46.5 Å². The third kappa shape index (κ3) is 4.98. The molecule has 0 aromatic heterocycles. The van der Waals surface area contributed by atoms with Gasteiger partial charge in [0.05, 0.1) is 11.6 Å². The lowest BCUT2D eigenvalue weighted by Crippen LogP contribution is -2.16. The van der Waals surface area contributed by atoms with Crippen LogP contribution in [0.2, 0.25) is 0 Å². The van der Waals surface area contributed by atoms with Gasteiger partial charge in [-0.25, -0.2) is 0 Å². The van der Waals surface area contributed by atoms with Crippen LogP contribution in [-0.2, 0) is 11.2 Å². The van der Waals surface area contributed by atoms with E-state index < -0.39 is 0 Å². The summed E-state index contributed by atoms with van der Waals surface area (Å²) in [6, 6.07) is 5.84. The Morgan fingerprint density at radius 3 is 2.63 bits per heavy atom. The molecule has 0 radical (unpaired) electrons. The fourth-order valence-corrected chi connectivity index (χ4v) is 2.80. The lowest BCUT2D eigenvalue weighted by atomic mass is 9.91.